The second-order valence-corrected chi connectivity index (χ2v) is 4.05. The second kappa shape index (κ2) is 5.12. The number of hydrogen-bond donors (Lipinski definition) is 3. The summed E-state index contributed by atoms with van der Waals surface area (Å²) in [4.78, 5) is 0. The van der Waals surface area contributed by atoms with Crippen LogP contribution in [0.25, 0.3) is 0 Å². The molecule has 0 aromatic heterocycles. The topological polar surface area (TPSA) is 96.1 Å². The van der Waals surface area contributed by atoms with E-state index in [1.54, 1.807) is 12.1 Å². The molecule has 0 saturated carbocycles. The van der Waals surface area contributed by atoms with Gasteiger partial charge in [0.2, 0.25) is 0 Å². The number of nitrogens with two attached hydrogens (primary N) is 2. The van der Waals surface area contributed by atoms with Crippen molar-refractivity contribution in [3.63, 3.8) is 0 Å². The summed E-state index contributed by atoms with van der Waals surface area (Å²) in [5, 5.41) is 18.5. The molecule has 1 aromatic rings. The van der Waals surface area contributed by atoms with Crippen LogP contribution in [0.2, 0.25) is 0 Å². The smallest absolute Gasteiger partial charge is 0.134 e. The van der Waals surface area contributed by atoms with Crippen LogP contribution in [0.15, 0.2) is 16.6 Å². The zero-order valence-electron chi connectivity index (χ0n) is 8.07. The Bertz CT molecular complexity index is 400. The Morgan fingerprint density at radius 2 is 2.20 bits per heavy atom. The fourth-order valence-electron chi connectivity index (χ4n) is 1.30. The number of nitrogens with zero attached hydrogens (tertiary/aromatic N) is 1. The first-order valence-electron chi connectivity index (χ1n) is 4.48. The summed E-state index contributed by atoms with van der Waals surface area (Å²) in [6.07, 6.45) is 0.564. The number of nitriles is 1. The van der Waals surface area contributed by atoms with Crippen LogP contribution in [-0.2, 0) is 0 Å². The van der Waals surface area contributed by atoms with Gasteiger partial charge in [0.15, 0.2) is 0 Å². The molecule has 0 aliphatic carbocycles. The molecule has 0 saturated heterocycles. The van der Waals surface area contributed by atoms with E-state index in [0.29, 0.717) is 28.6 Å². The molecule has 1 aromatic carbocycles. The highest BCUT2D eigenvalue weighted by Crippen LogP contribution is 2.33. The van der Waals surface area contributed by atoms with Crippen molar-refractivity contribution in [1.29, 1.82) is 5.26 Å². The van der Waals surface area contributed by atoms with Crippen LogP contribution in [0.1, 0.15) is 23.6 Å². The van der Waals surface area contributed by atoms with Gasteiger partial charge < -0.3 is 16.6 Å². The molecule has 5 N–H and O–H groups in total. The monoisotopic (exact) mass is 269 g/mol. The second-order valence-electron chi connectivity index (χ2n) is 3.19. The van der Waals surface area contributed by atoms with Gasteiger partial charge in [-0.25, -0.2) is 0 Å². The molecule has 0 bridgehead atoms. The maximum Gasteiger partial charge on any atom is 0.134 e. The fraction of sp³-hybridized carbons (Fsp3) is 0.300. The van der Waals surface area contributed by atoms with Crippen molar-refractivity contribution in [3.8, 4) is 11.8 Å². The van der Waals surface area contributed by atoms with Crippen molar-refractivity contribution in [3.05, 3.63) is 27.7 Å². The zero-order valence-corrected chi connectivity index (χ0v) is 9.66. The number of rotatable bonds is 3. The highest BCUT2D eigenvalue weighted by molar-refractivity contribution is 9.10. The van der Waals surface area contributed by atoms with E-state index in [9.17, 15) is 5.11 Å². The lowest BCUT2D eigenvalue weighted by Gasteiger charge is -2.13. The molecule has 0 heterocycles. The number of halogens is 1. The van der Waals surface area contributed by atoms with E-state index >= 15 is 0 Å². The normalized spacial score (nSPS) is 12.1. The van der Waals surface area contributed by atoms with Crippen molar-refractivity contribution >= 4 is 15.9 Å². The van der Waals surface area contributed by atoms with Crippen molar-refractivity contribution in [2.24, 2.45) is 11.5 Å². The molecule has 4 nitrogen and oxygen atoms in total. The van der Waals surface area contributed by atoms with Gasteiger partial charge in [0.05, 0.1) is 16.1 Å². The molecule has 1 atom stereocenters. The van der Waals surface area contributed by atoms with Gasteiger partial charge in [0.1, 0.15) is 5.75 Å². The predicted molar refractivity (Wildman–Crippen MR) is 61.1 cm³/mol. The molecule has 0 spiro atoms. The van der Waals surface area contributed by atoms with Gasteiger partial charge in [-0.05, 0) is 41.0 Å². The molecule has 0 fully saturated rings. The summed E-state index contributed by atoms with van der Waals surface area (Å²) < 4.78 is 0.476. The number of phenolic OH excluding ortho intramolecular Hbond substituents is 1. The first-order valence-corrected chi connectivity index (χ1v) is 5.27. The van der Waals surface area contributed by atoms with Crippen LogP contribution in [0.5, 0.6) is 5.75 Å². The maximum atomic E-state index is 9.74. The Kier molecular flexibility index (Phi) is 4.09. The number of hydrogen-bond acceptors (Lipinski definition) is 4. The molecule has 15 heavy (non-hydrogen) atoms. The van der Waals surface area contributed by atoms with Gasteiger partial charge in [-0.2, -0.15) is 5.26 Å². The minimum Gasteiger partial charge on any atom is -0.506 e. The summed E-state index contributed by atoms with van der Waals surface area (Å²) in [5.74, 6) is 0.0787. The van der Waals surface area contributed by atoms with E-state index in [1.807, 2.05) is 6.07 Å². The van der Waals surface area contributed by atoms with Crippen LogP contribution < -0.4 is 11.5 Å². The Labute approximate surface area is 96.6 Å². The molecule has 0 aliphatic rings. The number of benzene rings is 1. The molecule has 0 amide bonds. The summed E-state index contributed by atoms with van der Waals surface area (Å²) in [6.45, 7) is 0.439. The lowest BCUT2D eigenvalue weighted by molar-refractivity contribution is 0.455. The van der Waals surface area contributed by atoms with Gasteiger partial charge in [-0.3, -0.25) is 0 Å². The standard InChI is InChI=1S/C10H12BrN3O/c11-8-4-6(5-13)3-7(10(8)15)9(14)1-2-12/h3-4,9,15H,1-2,12,14H2/t9-/m0/s1. The van der Waals surface area contributed by atoms with Crippen molar-refractivity contribution in [2.45, 2.75) is 12.5 Å². The summed E-state index contributed by atoms with van der Waals surface area (Å²) >= 11 is 3.17. The van der Waals surface area contributed by atoms with Crippen molar-refractivity contribution in [2.75, 3.05) is 6.54 Å². The van der Waals surface area contributed by atoms with E-state index in [0.717, 1.165) is 0 Å². The molecule has 0 aliphatic heterocycles. The SMILES string of the molecule is N#Cc1cc(Br)c(O)c([C@@H](N)CCN)c1. The third kappa shape index (κ3) is 2.69. The molecule has 1 rings (SSSR count). The van der Waals surface area contributed by atoms with E-state index < -0.39 is 0 Å². The third-order valence-electron chi connectivity index (χ3n) is 2.10. The average molecular weight is 270 g/mol. The number of phenols is 1. The van der Waals surface area contributed by atoms with E-state index in [2.05, 4.69) is 15.9 Å². The highest BCUT2D eigenvalue weighted by Gasteiger charge is 2.14. The molecule has 0 unspecified atom stereocenters. The van der Waals surface area contributed by atoms with Gasteiger partial charge in [0, 0.05) is 11.6 Å². The Morgan fingerprint density at radius 3 is 2.73 bits per heavy atom. The lowest BCUT2D eigenvalue weighted by Crippen LogP contribution is -2.15. The Hall–Kier alpha value is -1.09. The largest absolute Gasteiger partial charge is 0.506 e. The van der Waals surface area contributed by atoms with Crippen LogP contribution in [0.3, 0.4) is 0 Å². The molecule has 0 radical (unpaired) electrons. The highest BCUT2D eigenvalue weighted by atomic mass is 79.9. The van der Waals surface area contributed by atoms with Crippen LogP contribution in [0, 0.1) is 11.3 Å². The molecular formula is C10H12BrN3O. The fourth-order valence-corrected chi connectivity index (χ4v) is 1.78. The van der Waals surface area contributed by atoms with Gasteiger partial charge in [-0.1, -0.05) is 0 Å². The van der Waals surface area contributed by atoms with E-state index in [4.69, 9.17) is 16.7 Å². The van der Waals surface area contributed by atoms with E-state index in [1.165, 1.54) is 0 Å². The quantitative estimate of drug-likeness (QED) is 0.772. The molecule has 80 valence electrons. The summed E-state index contributed by atoms with van der Waals surface area (Å²) in [7, 11) is 0. The Morgan fingerprint density at radius 1 is 1.53 bits per heavy atom. The van der Waals surface area contributed by atoms with Gasteiger partial charge in [0.25, 0.3) is 0 Å². The first-order chi connectivity index (χ1) is 7.10. The summed E-state index contributed by atoms with van der Waals surface area (Å²) in [6, 6.07) is 4.79. The van der Waals surface area contributed by atoms with Crippen LogP contribution in [-0.4, -0.2) is 11.7 Å². The lowest BCUT2D eigenvalue weighted by atomic mass is 10.0. The maximum absolute atomic E-state index is 9.74. The predicted octanol–water partition coefficient (Wildman–Crippen LogP) is 1.37. The van der Waals surface area contributed by atoms with E-state index in [-0.39, 0.29) is 11.8 Å². The Balaban J connectivity index is 3.16. The summed E-state index contributed by atoms with van der Waals surface area (Å²) in [5.41, 5.74) is 12.2. The van der Waals surface area contributed by atoms with Gasteiger partial charge >= 0.3 is 0 Å². The minimum absolute atomic E-state index is 0.0787. The van der Waals surface area contributed by atoms with Crippen molar-refractivity contribution < 1.29 is 5.11 Å². The first kappa shape index (κ1) is 12.0. The van der Waals surface area contributed by atoms with Crippen LogP contribution in [0.4, 0.5) is 0 Å². The number of aromatic hydroxyl groups is 1. The zero-order chi connectivity index (χ0) is 11.4. The average Bonchev–Trinajstić information content (AvgIpc) is 2.22. The van der Waals surface area contributed by atoms with Crippen molar-refractivity contribution in [1.82, 2.24) is 0 Å². The third-order valence-corrected chi connectivity index (χ3v) is 2.70. The molecular weight excluding hydrogens is 258 g/mol. The molecule has 5 heteroatoms. The van der Waals surface area contributed by atoms with Crippen LogP contribution >= 0.6 is 15.9 Å². The van der Waals surface area contributed by atoms with Gasteiger partial charge in [-0.15, -0.1) is 0 Å². The minimum atomic E-state index is -0.348.